The first-order valence-electron chi connectivity index (χ1n) is 7.76. The lowest BCUT2D eigenvalue weighted by molar-refractivity contribution is 0.203. The summed E-state index contributed by atoms with van der Waals surface area (Å²) in [5.41, 5.74) is -0.206. The van der Waals surface area contributed by atoms with E-state index in [9.17, 15) is 8.78 Å². The van der Waals surface area contributed by atoms with Gasteiger partial charge >= 0.3 is 0 Å². The second-order valence-corrected chi connectivity index (χ2v) is 6.23. The molecule has 3 aromatic rings. The monoisotopic (exact) mass is 331 g/mol. The summed E-state index contributed by atoms with van der Waals surface area (Å²) in [6, 6.07) is 5.56. The second kappa shape index (κ2) is 6.51. The van der Waals surface area contributed by atoms with E-state index in [2.05, 4.69) is 15.2 Å². The molecule has 7 heteroatoms. The summed E-state index contributed by atoms with van der Waals surface area (Å²) in [6.07, 6.45) is 6.56. The van der Waals surface area contributed by atoms with E-state index in [0.717, 1.165) is 6.07 Å². The van der Waals surface area contributed by atoms with Crippen LogP contribution in [0.1, 0.15) is 19.4 Å². The van der Waals surface area contributed by atoms with Crippen LogP contribution in [0.15, 0.2) is 49.3 Å². The van der Waals surface area contributed by atoms with Crippen molar-refractivity contribution in [2.75, 3.05) is 0 Å². The molecule has 24 heavy (non-hydrogen) atoms. The summed E-state index contributed by atoms with van der Waals surface area (Å²) < 4.78 is 31.5. The molecule has 2 heterocycles. The maximum absolute atomic E-state index is 14.6. The zero-order valence-corrected chi connectivity index (χ0v) is 13.6. The summed E-state index contributed by atoms with van der Waals surface area (Å²) in [5.74, 6) is -1.10. The van der Waals surface area contributed by atoms with E-state index in [1.54, 1.807) is 21.9 Å². The molecule has 0 N–H and O–H groups in total. The maximum Gasteiger partial charge on any atom is 0.137 e. The molecular weight excluding hydrogens is 312 g/mol. The van der Waals surface area contributed by atoms with Crippen LogP contribution in [0.25, 0.3) is 0 Å². The van der Waals surface area contributed by atoms with Crippen LogP contribution in [0.4, 0.5) is 8.78 Å². The van der Waals surface area contributed by atoms with Gasteiger partial charge in [-0.25, -0.2) is 13.8 Å². The average molecular weight is 331 g/mol. The van der Waals surface area contributed by atoms with Gasteiger partial charge in [0.15, 0.2) is 0 Å². The molecule has 3 rings (SSSR count). The Kier molecular flexibility index (Phi) is 4.42. The van der Waals surface area contributed by atoms with Crippen LogP contribution in [0, 0.1) is 17.6 Å². The lowest BCUT2D eigenvalue weighted by Gasteiger charge is -2.38. The van der Waals surface area contributed by atoms with Crippen LogP contribution in [0.2, 0.25) is 0 Å². The molecule has 0 fully saturated rings. The first-order chi connectivity index (χ1) is 11.5. The normalized spacial score (nSPS) is 14.0. The smallest absolute Gasteiger partial charge is 0.137 e. The molecule has 0 spiro atoms. The Morgan fingerprint density at radius 1 is 1.12 bits per heavy atom. The molecule has 0 radical (unpaired) electrons. The van der Waals surface area contributed by atoms with E-state index in [-0.39, 0.29) is 5.92 Å². The van der Waals surface area contributed by atoms with Gasteiger partial charge in [-0.05, 0) is 23.6 Å². The van der Waals surface area contributed by atoms with Gasteiger partial charge in [-0.1, -0.05) is 19.9 Å². The quantitative estimate of drug-likeness (QED) is 0.697. The molecule has 1 atom stereocenters. The Morgan fingerprint density at radius 3 is 2.50 bits per heavy atom. The van der Waals surface area contributed by atoms with Crippen LogP contribution in [-0.4, -0.2) is 24.5 Å². The minimum absolute atomic E-state index is 0.0471. The minimum atomic E-state index is -0.655. The van der Waals surface area contributed by atoms with Crippen molar-refractivity contribution in [1.82, 2.24) is 24.5 Å². The fourth-order valence-electron chi connectivity index (χ4n) is 3.08. The molecule has 0 aliphatic carbocycles. The third kappa shape index (κ3) is 3.06. The van der Waals surface area contributed by atoms with Crippen LogP contribution < -0.4 is 0 Å². The van der Waals surface area contributed by atoms with Crippen molar-refractivity contribution < 1.29 is 8.78 Å². The largest absolute Gasteiger partial charge is 0.272 e. The van der Waals surface area contributed by atoms with Crippen molar-refractivity contribution in [2.45, 2.75) is 32.4 Å². The van der Waals surface area contributed by atoms with Crippen LogP contribution >= 0.6 is 0 Å². The number of benzene rings is 1. The van der Waals surface area contributed by atoms with Gasteiger partial charge in [-0.15, -0.1) is 0 Å². The van der Waals surface area contributed by atoms with Gasteiger partial charge in [0.25, 0.3) is 0 Å². The number of aromatic nitrogens is 5. The summed E-state index contributed by atoms with van der Waals surface area (Å²) in [7, 11) is 0. The Labute approximate surface area is 139 Å². The van der Waals surface area contributed by atoms with E-state index < -0.39 is 17.0 Å². The van der Waals surface area contributed by atoms with E-state index in [1.807, 2.05) is 26.1 Å². The van der Waals surface area contributed by atoms with Crippen molar-refractivity contribution in [2.24, 2.45) is 5.92 Å². The van der Waals surface area contributed by atoms with Gasteiger partial charge in [-0.3, -0.25) is 9.36 Å². The van der Waals surface area contributed by atoms with Gasteiger partial charge in [0.05, 0.1) is 13.1 Å². The van der Waals surface area contributed by atoms with E-state index in [1.165, 1.54) is 18.5 Å². The number of hydrogen-bond acceptors (Lipinski definition) is 3. The molecule has 0 saturated carbocycles. The molecule has 0 amide bonds. The maximum atomic E-state index is 14.6. The molecular formula is C17H19F2N5. The zero-order valence-electron chi connectivity index (χ0n) is 13.6. The highest BCUT2D eigenvalue weighted by atomic mass is 19.1. The van der Waals surface area contributed by atoms with Crippen LogP contribution in [0.3, 0.4) is 0 Å². The predicted molar refractivity (Wildman–Crippen MR) is 85.1 cm³/mol. The first-order valence-corrected chi connectivity index (χ1v) is 7.76. The Morgan fingerprint density at radius 2 is 1.92 bits per heavy atom. The molecule has 5 nitrogen and oxygen atoms in total. The van der Waals surface area contributed by atoms with Gasteiger partial charge in [-0.2, -0.15) is 10.2 Å². The SMILES string of the molecule is CC(C)[C@@](Cn1cccn1)(Cn1cncn1)c1ccc(F)cc1F. The molecule has 0 unspecified atom stereocenters. The molecule has 2 aromatic heterocycles. The zero-order chi connectivity index (χ0) is 17.2. The molecule has 126 valence electrons. The summed E-state index contributed by atoms with van der Waals surface area (Å²) >= 11 is 0. The number of nitrogens with zero attached hydrogens (tertiary/aromatic N) is 5. The van der Waals surface area contributed by atoms with Crippen molar-refractivity contribution in [3.05, 3.63) is 66.5 Å². The highest BCUT2D eigenvalue weighted by Crippen LogP contribution is 2.37. The molecule has 1 aromatic carbocycles. The molecule has 0 aliphatic heterocycles. The van der Waals surface area contributed by atoms with Gasteiger partial charge < -0.3 is 0 Å². The lowest BCUT2D eigenvalue weighted by Crippen LogP contribution is -2.42. The van der Waals surface area contributed by atoms with Crippen LogP contribution in [0.5, 0.6) is 0 Å². The van der Waals surface area contributed by atoms with Crippen molar-refractivity contribution >= 4 is 0 Å². The third-order valence-corrected chi connectivity index (χ3v) is 4.49. The van der Waals surface area contributed by atoms with E-state index in [0.29, 0.717) is 18.7 Å². The topological polar surface area (TPSA) is 48.5 Å². The van der Waals surface area contributed by atoms with Crippen molar-refractivity contribution in [3.63, 3.8) is 0 Å². The van der Waals surface area contributed by atoms with Crippen LogP contribution in [-0.2, 0) is 18.5 Å². The van der Waals surface area contributed by atoms with Gasteiger partial charge in [0.2, 0.25) is 0 Å². The summed E-state index contributed by atoms with van der Waals surface area (Å²) in [4.78, 5) is 3.97. The van der Waals surface area contributed by atoms with E-state index in [4.69, 9.17) is 0 Å². The van der Waals surface area contributed by atoms with Crippen molar-refractivity contribution in [3.8, 4) is 0 Å². The molecule has 0 bridgehead atoms. The average Bonchev–Trinajstić information content (AvgIpc) is 3.20. The number of rotatable bonds is 6. The predicted octanol–water partition coefficient (Wildman–Crippen LogP) is 3.05. The minimum Gasteiger partial charge on any atom is -0.272 e. The third-order valence-electron chi connectivity index (χ3n) is 4.49. The number of halogens is 2. The highest BCUT2D eigenvalue weighted by Gasteiger charge is 2.39. The Hall–Kier alpha value is -2.57. The fraction of sp³-hybridized carbons (Fsp3) is 0.353. The molecule has 0 saturated heterocycles. The number of hydrogen-bond donors (Lipinski definition) is 0. The summed E-state index contributed by atoms with van der Waals surface area (Å²) in [6.45, 7) is 4.89. The lowest BCUT2D eigenvalue weighted by atomic mass is 9.71. The fourth-order valence-corrected chi connectivity index (χ4v) is 3.08. The first kappa shape index (κ1) is 16.3. The molecule has 0 aliphatic rings. The van der Waals surface area contributed by atoms with Crippen molar-refractivity contribution in [1.29, 1.82) is 0 Å². The standard InChI is InChI=1S/C17H19F2N5/c1-13(2)17(9-23-7-3-6-21-23,10-24-12-20-11-22-24)15-5-4-14(18)8-16(15)19/h3-8,11-13H,9-10H2,1-2H3/t17-/m1/s1. The Bertz CT molecular complexity index is 745. The van der Waals surface area contributed by atoms with Gasteiger partial charge in [0.1, 0.15) is 24.3 Å². The Balaban J connectivity index is 2.12. The summed E-state index contributed by atoms with van der Waals surface area (Å²) in [5, 5.41) is 8.43. The van der Waals surface area contributed by atoms with Gasteiger partial charge in [0, 0.05) is 23.9 Å². The highest BCUT2D eigenvalue weighted by molar-refractivity contribution is 5.28. The second-order valence-electron chi connectivity index (χ2n) is 6.23. The van der Waals surface area contributed by atoms with E-state index >= 15 is 0 Å².